The number of likely N-dealkylation sites (tertiary alicyclic amines) is 1. The Bertz CT molecular complexity index is 1040. The van der Waals surface area contributed by atoms with Gasteiger partial charge in [0.2, 0.25) is 0 Å². The second-order valence-electron chi connectivity index (χ2n) is 8.31. The number of anilines is 1. The molecule has 1 atom stereocenters. The first-order valence-electron chi connectivity index (χ1n) is 10.8. The van der Waals surface area contributed by atoms with Gasteiger partial charge in [-0.1, -0.05) is 36.8 Å². The van der Waals surface area contributed by atoms with Crippen molar-refractivity contribution in [2.75, 3.05) is 18.4 Å². The van der Waals surface area contributed by atoms with Gasteiger partial charge in [-0.15, -0.1) is 0 Å². The van der Waals surface area contributed by atoms with Gasteiger partial charge in [-0.25, -0.2) is 4.68 Å². The van der Waals surface area contributed by atoms with Crippen LogP contribution < -0.4 is 5.32 Å². The summed E-state index contributed by atoms with van der Waals surface area (Å²) in [6.07, 6.45) is -0.0764. The molecule has 0 bridgehead atoms. The van der Waals surface area contributed by atoms with Crippen molar-refractivity contribution < 1.29 is 13.2 Å². The standard InChI is InChI=1S/C24H25F3N4/c25-24(26,27)18-9-11-19(12-10-18)31-23-20(13-14-28-23)22(29-31)21-8-4-5-15-30(21)16-17-6-2-1-3-7-17/h1-3,6-7,9-12,21,28H,4-5,8,13-16H2. The number of hydrogen-bond donors (Lipinski definition) is 1. The van der Waals surface area contributed by atoms with E-state index in [1.165, 1.54) is 29.7 Å². The van der Waals surface area contributed by atoms with E-state index < -0.39 is 11.7 Å². The van der Waals surface area contributed by atoms with Gasteiger partial charge in [0.15, 0.2) is 0 Å². The lowest BCUT2D eigenvalue weighted by atomic mass is 9.95. The van der Waals surface area contributed by atoms with E-state index in [1.807, 2.05) is 6.07 Å². The van der Waals surface area contributed by atoms with Crippen molar-refractivity contribution in [1.82, 2.24) is 14.7 Å². The SMILES string of the molecule is FC(F)(F)c1ccc(-n2nc(C3CCCCN3Cc3ccccc3)c3c2NCC3)cc1. The van der Waals surface area contributed by atoms with Crippen LogP contribution >= 0.6 is 0 Å². The summed E-state index contributed by atoms with van der Waals surface area (Å²) in [4.78, 5) is 2.50. The fourth-order valence-corrected chi connectivity index (χ4v) is 4.76. The van der Waals surface area contributed by atoms with Crippen molar-refractivity contribution in [1.29, 1.82) is 0 Å². The molecule has 0 saturated carbocycles. The number of alkyl halides is 3. The Kier molecular flexibility index (Phi) is 5.22. The highest BCUT2D eigenvalue weighted by Gasteiger charge is 2.33. The predicted molar refractivity (Wildman–Crippen MR) is 114 cm³/mol. The molecule has 0 radical (unpaired) electrons. The number of hydrogen-bond acceptors (Lipinski definition) is 3. The highest BCUT2D eigenvalue weighted by atomic mass is 19.4. The molecule has 7 heteroatoms. The summed E-state index contributed by atoms with van der Waals surface area (Å²) >= 11 is 0. The number of halogens is 3. The molecule has 1 fully saturated rings. The van der Waals surface area contributed by atoms with E-state index in [0.29, 0.717) is 5.69 Å². The average molecular weight is 426 g/mol. The summed E-state index contributed by atoms with van der Waals surface area (Å²) in [6, 6.07) is 15.9. The molecule has 4 nitrogen and oxygen atoms in total. The van der Waals surface area contributed by atoms with Crippen molar-refractivity contribution in [2.24, 2.45) is 0 Å². The van der Waals surface area contributed by atoms with Crippen molar-refractivity contribution in [2.45, 2.75) is 44.4 Å². The lowest BCUT2D eigenvalue weighted by molar-refractivity contribution is -0.137. The van der Waals surface area contributed by atoms with Crippen LogP contribution in [0.5, 0.6) is 0 Å². The van der Waals surface area contributed by atoms with Crippen LogP contribution in [0.2, 0.25) is 0 Å². The van der Waals surface area contributed by atoms with Crippen LogP contribution in [0.1, 0.15) is 47.7 Å². The maximum atomic E-state index is 13.0. The van der Waals surface area contributed by atoms with Crippen LogP contribution in [0.15, 0.2) is 54.6 Å². The molecule has 1 aromatic heterocycles. The third kappa shape index (κ3) is 3.94. The van der Waals surface area contributed by atoms with Crippen LogP contribution in [0.25, 0.3) is 5.69 Å². The average Bonchev–Trinajstić information content (AvgIpc) is 3.38. The molecule has 1 saturated heterocycles. The second-order valence-corrected chi connectivity index (χ2v) is 8.31. The number of benzene rings is 2. The molecule has 31 heavy (non-hydrogen) atoms. The van der Waals surface area contributed by atoms with Crippen LogP contribution in [0.3, 0.4) is 0 Å². The molecule has 3 aromatic rings. The summed E-state index contributed by atoms with van der Waals surface area (Å²) in [7, 11) is 0. The van der Waals surface area contributed by atoms with E-state index in [0.717, 1.165) is 62.5 Å². The van der Waals surface area contributed by atoms with E-state index in [-0.39, 0.29) is 6.04 Å². The lowest BCUT2D eigenvalue weighted by Gasteiger charge is -2.35. The van der Waals surface area contributed by atoms with Gasteiger partial charge >= 0.3 is 6.18 Å². The fourth-order valence-electron chi connectivity index (χ4n) is 4.76. The zero-order chi connectivity index (χ0) is 21.4. The maximum Gasteiger partial charge on any atom is 0.416 e. The van der Waals surface area contributed by atoms with Gasteiger partial charge in [0, 0.05) is 18.7 Å². The van der Waals surface area contributed by atoms with Crippen LogP contribution in [0, 0.1) is 0 Å². The topological polar surface area (TPSA) is 33.1 Å². The van der Waals surface area contributed by atoms with Crippen LogP contribution in [-0.2, 0) is 19.1 Å². The first-order valence-corrected chi connectivity index (χ1v) is 10.8. The molecular weight excluding hydrogens is 401 g/mol. The van der Waals surface area contributed by atoms with Crippen molar-refractivity contribution in [3.8, 4) is 5.69 Å². The molecule has 0 spiro atoms. The molecule has 162 valence electrons. The largest absolute Gasteiger partial charge is 0.416 e. The first-order chi connectivity index (χ1) is 15.0. The lowest BCUT2D eigenvalue weighted by Crippen LogP contribution is -2.33. The van der Waals surface area contributed by atoms with E-state index in [1.54, 1.807) is 4.68 Å². The van der Waals surface area contributed by atoms with E-state index in [2.05, 4.69) is 34.5 Å². The zero-order valence-corrected chi connectivity index (χ0v) is 17.2. The molecule has 3 heterocycles. The zero-order valence-electron chi connectivity index (χ0n) is 17.2. The molecule has 0 amide bonds. The van der Waals surface area contributed by atoms with Crippen molar-refractivity contribution in [3.05, 3.63) is 77.0 Å². The fraction of sp³-hybridized carbons (Fsp3) is 0.375. The number of piperidine rings is 1. The number of fused-ring (bicyclic) bond motifs is 1. The van der Waals surface area contributed by atoms with Gasteiger partial charge in [0.25, 0.3) is 0 Å². The minimum absolute atomic E-state index is 0.221. The summed E-state index contributed by atoms with van der Waals surface area (Å²) in [6.45, 7) is 2.72. The van der Waals surface area contributed by atoms with E-state index >= 15 is 0 Å². The molecule has 1 N–H and O–H groups in total. The summed E-state index contributed by atoms with van der Waals surface area (Å²) in [5.41, 5.74) is 3.55. The van der Waals surface area contributed by atoms with Crippen molar-refractivity contribution >= 4 is 5.82 Å². The first kappa shape index (κ1) is 20.1. The number of nitrogens with zero attached hydrogens (tertiary/aromatic N) is 3. The second kappa shape index (κ2) is 8.04. The molecule has 2 aliphatic rings. The van der Waals surface area contributed by atoms with Crippen LogP contribution in [0.4, 0.5) is 19.0 Å². The monoisotopic (exact) mass is 426 g/mol. The molecule has 1 unspecified atom stereocenters. The van der Waals surface area contributed by atoms with Gasteiger partial charge in [0.05, 0.1) is 23.0 Å². The molecule has 2 aromatic carbocycles. The Labute approximate surface area is 179 Å². The minimum Gasteiger partial charge on any atom is -0.369 e. The van der Waals surface area contributed by atoms with Gasteiger partial charge in [-0.2, -0.15) is 18.3 Å². The number of aromatic nitrogens is 2. The summed E-state index contributed by atoms with van der Waals surface area (Å²) < 4.78 is 40.7. The Hall–Kier alpha value is -2.80. The Morgan fingerprint density at radius 2 is 1.77 bits per heavy atom. The predicted octanol–water partition coefficient (Wildman–Crippen LogP) is 5.59. The Morgan fingerprint density at radius 1 is 1.00 bits per heavy atom. The third-order valence-electron chi connectivity index (χ3n) is 6.28. The Morgan fingerprint density at radius 3 is 2.52 bits per heavy atom. The van der Waals surface area contributed by atoms with Crippen LogP contribution in [-0.4, -0.2) is 27.8 Å². The van der Waals surface area contributed by atoms with E-state index in [9.17, 15) is 13.2 Å². The van der Waals surface area contributed by atoms with Gasteiger partial charge in [0.1, 0.15) is 5.82 Å². The molecule has 2 aliphatic heterocycles. The number of nitrogens with one attached hydrogen (secondary N) is 1. The van der Waals surface area contributed by atoms with Gasteiger partial charge < -0.3 is 5.32 Å². The summed E-state index contributed by atoms with van der Waals surface area (Å²) in [5.74, 6) is 0.917. The molecule has 5 rings (SSSR count). The van der Waals surface area contributed by atoms with Gasteiger partial charge in [-0.05, 0) is 55.6 Å². The Balaban J connectivity index is 1.48. The quantitative estimate of drug-likeness (QED) is 0.591. The van der Waals surface area contributed by atoms with E-state index in [4.69, 9.17) is 5.10 Å². The smallest absolute Gasteiger partial charge is 0.369 e. The maximum absolute atomic E-state index is 13.0. The highest BCUT2D eigenvalue weighted by Crippen LogP contribution is 2.39. The molecule has 0 aliphatic carbocycles. The van der Waals surface area contributed by atoms with Crippen molar-refractivity contribution in [3.63, 3.8) is 0 Å². The highest BCUT2D eigenvalue weighted by molar-refractivity contribution is 5.58. The normalized spacial score (nSPS) is 19.3. The third-order valence-corrected chi connectivity index (χ3v) is 6.28. The summed E-state index contributed by atoms with van der Waals surface area (Å²) in [5, 5.41) is 8.34. The minimum atomic E-state index is -4.34. The number of rotatable bonds is 4. The molecular formula is C24H25F3N4. The van der Waals surface area contributed by atoms with Gasteiger partial charge in [-0.3, -0.25) is 4.90 Å².